The van der Waals surface area contributed by atoms with Crippen molar-refractivity contribution in [3.63, 3.8) is 0 Å². The molecule has 130 valence electrons. The van der Waals surface area contributed by atoms with Crippen molar-refractivity contribution in [2.75, 3.05) is 34.9 Å². The van der Waals surface area contributed by atoms with E-state index in [1.165, 1.54) is 0 Å². The Labute approximate surface area is 139 Å². The highest BCUT2D eigenvalue weighted by Gasteiger charge is 2.38. The first kappa shape index (κ1) is 17.9. The van der Waals surface area contributed by atoms with E-state index in [9.17, 15) is 0 Å². The molecular weight excluding hydrogens is 292 g/mol. The van der Waals surface area contributed by atoms with Crippen molar-refractivity contribution in [3.8, 4) is 17.2 Å². The minimum absolute atomic E-state index is 0.0243. The summed E-state index contributed by atoms with van der Waals surface area (Å²) in [5, 5.41) is 0. The van der Waals surface area contributed by atoms with Gasteiger partial charge in [0.25, 0.3) is 0 Å². The van der Waals surface area contributed by atoms with E-state index in [-0.39, 0.29) is 11.6 Å². The van der Waals surface area contributed by atoms with Crippen LogP contribution in [-0.2, 0) is 6.42 Å². The molecule has 1 fully saturated rings. The lowest BCUT2D eigenvalue weighted by molar-refractivity contribution is 0.0487. The van der Waals surface area contributed by atoms with Crippen molar-refractivity contribution < 1.29 is 14.2 Å². The molecule has 1 aromatic rings. The molecular formula is C18H30N2O3. The molecule has 1 aromatic carbocycles. The van der Waals surface area contributed by atoms with Gasteiger partial charge < -0.3 is 24.8 Å². The molecule has 2 N–H and O–H groups in total. The van der Waals surface area contributed by atoms with Crippen LogP contribution in [0.1, 0.15) is 25.8 Å². The molecule has 0 spiro atoms. The van der Waals surface area contributed by atoms with E-state index in [4.69, 9.17) is 19.9 Å². The van der Waals surface area contributed by atoms with E-state index in [1.807, 2.05) is 12.1 Å². The van der Waals surface area contributed by atoms with Gasteiger partial charge in [-0.2, -0.15) is 0 Å². The smallest absolute Gasteiger partial charge is 0.203 e. The Bertz CT molecular complexity index is 524. The second-order valence-corrected chi connectivity index (χ2v) is 6.93. The fourth-order valence-corrected chi connectivity index (χ4v) is 3.54. The average Bonchev–Trinajstić information content (AvgIpc) is 2.52. The lowest BCUT2D eigenvalue weighted by Gasteiger charge is -2.48. The number of methoxy groups -OCH3 is 3. The van der Waals surface area contributed by atoms with Crippen molar-refractivity contribution >= 4 is 0 Å². The Kier molecular flexibility index (Phi) is 5.42. The Balaban J connectivity index is 2.32. The summed E-state index contributed by atoms with van der Waals surface area (Å²) >= 11 is 0. The number of nitrogens with zero attached hydrogens (tertiary/aromatic N) is 1. The number of nitrogens with two attached hydrogens (primary N) is 1. The standard InChI is InChI=1S/C18H30N2O3/c1-12-11-20(3)18(2,10-14(12)19)9-13-7-15(21-4)17(23-6)16(8-13)22-5/h7-8,12,14H,9-11,19H2,1-6H3. The van der Waals surface area contributed by atoms with E-state index in [2.05, 4.69) is 25.8 Å². The van der Waals surface area contributed by atoms with Gasteiger partial charge >= 0.3 is 0 Å². The van der Waals surface area contributed by atoms with E-state index < -0.39 is 0 Å². The van der Waals surface area contributed by atoms with Crippen molar-refractivity contribution in [1.82, 2.24) is 4.90 Å². The molecule has 2 rings (SSSR count). The van der Waals surface area contributed by atoms with Crippen LogP contribution in [0.25, 0.3) is 0 Å². The van der Waals surface area contributed by atoms with E-state index in [1.54, 1.807) is 21.3 Å². The predicted molar refractivity (Wildman–Crippen MR) is 92.6 cm³/mol. The third-order valence-electron chi connectivity index (χ3n) is 5.20. The fourth-order valence-electron chi connectivity index (χ4n) is 3.54. The van der Waals surface area contributed by atoms with Gasteiger partial charge in [0.2, 0.25) is 5.75 Å². The first-order valence-electron chi connectivity index (χ1n) is 8.10. The number of ether oxygens (including phenoxy) is 3. The van der Waals surface area contributed by atoms with Gasteiger partial charge in [-0.1, -0.05) is 6.92 Å². The summed E-state index contributed by atoms with van der Waals surface area (Å²) in [5.74, 6) is 2.54. The summed E-state index contributed by atoms with van der Waals surface area (Å²) in [6, 6.07) is 4.30. The van der Waals surface area contributed by atoms with Gasteiger partial charge in [-0.15, -0.1) is 0 Å². The van der Waals surface area contributed by atoms with Crippen molar-refractivity contribution in [1.29, 1.82) is 0 Å². The molecule has 1 aliphatic rings. The normalized spacial score (nSPS) is 28.5. The Morgan fingerprint density at radius 2 is 1.74 bits per heavy atom. The van der Waals surface area contributed by atoms with E-state index in [0.717, 1.165) is 24.9 Å². The Hall–Kier alpha value is -1.46. The van der Waals surface area contributed by atoms with Crippen molar-refractivity contribution in [2.45, 2.75) is 38.3 Å². The number of benzene rings is 1. The molecule has 0 amide bonds. The SMILES string of the molecule is COc1cc(CC2(C)CC(N)C(C)CN2C)cc(OC)c1OC. The summed E-state index contributed by atoms with van der Waals surface area (Å²) in [6.45, 7) is 5.52. The molecule has 1 aliphatic heterocycles. The summed E-state index contributed by atoms with van der Waals surface area (Å²) in [7, 11) is 7.09. The molecule has 0 bridgehead atoms. The maximum Gasteiger partial charge on any atom is 0.203 e. The van der Waals surface area contributed by atoms with Gasteiger partial charge in [-0.05, 0) is 50.4 Å². The van der Waals surface area contributed by atoms with Crippen LogP contribution in [0.5, 0.6) is 17.2 Å². The predicted octanol–water partition coefficient (Wildman–Crippen LogP) is 2.31. The van der Waals surface area contributed by atoms with Gasteiger partial charge in [0.05, 0.1) is 21.3 Å². The number of rotatable bonds is 5. The molecule has 5 heteroatoms. The second-order valence-electron chi connectivity index (χ2n) is 6.93. The van der Waals surface area contributed by atoms with Gasteiger partial charge in [-0.3, -0.25) is 0 Å². The summed E-state index contributed by atoms with van der Waals surface area (Å²) in [5.41, 5.74) is 7.52. The molecule has 1 heterocycles. The minimum atomic E-state index is 0.0243. The zero-order valence-corrected chi connectivity index (χ0v) is 15.2. The van der Waals surface area contributed by atoms with Gasteiger partial charge in [0.1, 0.15) is 0 Å². The zero-order chi connectivity index (χ0) is 17.2. The molecule has 0 aliphatic carbocycles. The molecule has 0 saturated carbocycles. The first-order valence-corrected chi connectivity index (χ1v) is 8.10. The molecule has 0 radical (unpaired) electrons. The lowest BCUT2D eigenvalue weighted by atomic mass is 9.77. The van der Waals surface area contributed by atoms with Crippen molar-refractivity contribution in [2.24, 2.45) is 11.7 Å². The highest BCUT2D eigenvalue weighted by Crippen LogP contribution is 2.40. The lowest BCUT2D eigenvalue weighted by Crippen LogP contribution is -2.58. The number of piperidine rings is 1. The van der Waals surface area contributed by atoms with Crippen LogP contribution in [0.15, 0.2) is 12.1 Å². The maximum absolute atomic E-state index is 6.33. The number of likely N-dealkylation sites (N-methyl/N-ethyl adjacent to an activating group) is 1. The highest BCUT2D eigenvalue weighted by atomic mass is 16.5. The van der Waals surface area contributed by atoms with Crippen LogP contribution in [0.3, 0.4) is 0 Å². The molecule has 5 nitrogen and oxygen atoms in total. The van der Waals surface area contributed by atoms with Crippen LogP contribution in [0.2, 0.25) is 0 Å². The Morgan fingerprint density at radius 3 is 2.22 bits per heavy atom. The number of hydrogen-bond acceptors (Lipinski definition) is 5. The molecule has 0 aromatic heterocycles. The van der Waals surface area contributed by atoms with E-state index in [0.29, 0.717) is 23.2 Å². The third kappa shape index (κ3) is 3.56. The Morgan fingerprint density at radius 1 is 1.17 bits per heavy atom. The van der Waals surface area contributed by atoms with Gasteiger partial charge in [0.15, 0.2) is 11.5 Å². The van der Waals surface area contributed by atoms with Crippen LogP contribution in [-0.4, -0.2) is 51.4 Å². The van der Waals surface area contributed by atoms with E-state index >= 15 is 0 Å². The summed E-state index contributed by atoms with van der Waals surface area (Å²) < 4.78 is 16.3. The second kappa shape index (κ2) is 6.97. The molecule has 1 saturated heterocycles. The van der Waals surface area contributed by atoms with Gasteiger partial charge in [0, 0.05) is 18.1 Å². The topological polar surface area (TPSA) is 57.0 Å². The molecule has 3 atom stereocenters. The quantitative estimate of drug-likeness (QED) is 0.901. The summed E-state index contributed by atoms with van der Waals surface area (Å²) in [6.07, 6.45) is 1.86. The monoisotopic (exact) mass is 322 g/mol. The van der Waals surface area contributed by atoms with Crippen LogP contribution < -0.4 is 19.9 Å². The van der Waals surface area contributed by atoms with Crippen LogP contribution in [0, 0.1) is 5.92 Å². The fraction of sp³-hybridized carbons (Fsp3) is 0.667. The number of hydrogen-bond donors (Lipinski definition) is 1. The summed E-state index contributed by atoms with van der Waals surface area (Å²) in [4.78, 5) is 2.42. The molecule has 23 heavy (non-hydrogen) atoms. The van der Waals surface area contributed by atoms with Crippen LogP contribution in [0.4, 0.5) is 0 Å². The largest absolute Gasteiger partial charge is 0.493 e. The highest BCUT2D eigenvalue weighted by molar-refractivity contribution is 5.54. The molecule has 3 unspecified atom stereocenters. The average molecular weight is 322 g/mol. The van der Waals surface area contributed by atoms with Crippen LogP contribution >= 0.6 is 0 Å². The maximum atomic E-state index is 6.33. The third-order valence-corrected chi connectivity index (χ3v) is 5.20. The van der Waals surface area contributed by atoms with Crippen molar-refractivity contribution in [3.05, 3.63) is 17.7 Å². The number of likely N-dealkylation sites (tertiary alicyclic amines) is 1. The minimum Gasteiger partial charge on any atom is -0.493 e. The first-order chi connectivity index (χ1) is 10.8. The zero-order valence-electron chi connectivity index (χ0n) is 15.2. The van der Waals surface area contributed by atoms with Gasteiger partial charge in [-0.25, -0.2) is 0 Å².